The van der Waals surface area contributed by atoms with Gasteiger partial charge in [-0.25, -0.2) is 0 Å². The van der Waals surface area contributed by atoms with Crippen molar-refractivity contribution in [2.75, 3.05) is 6.54 Å². The van der Waals surface area contributed by atoms with Gasteiger partial charge < -0.3 is 14.5 Å². The minimum absolute atomic E-state index is 0.330. The van der Waals surface area contributed by atoms with Gasteiger partial charge in [0.15, 0.2) is 0 Å². The predicted octanol–water partition coefficient (Wildman–Crippen LogP) is 4.67. The van der Waals surface area contributed by atoms with E-state index in [4.69, 9.17) is 32.4 Å². The van der Waals surface area contributed by atoms with Gasteiger partial charge >= 0.3 is 0 Å². The lowest BCUT2D eigenvalue weighted by Gasteiger charge is -2.08. The largest absolute Gasteiger partial charge is 0.484 e. The van der Waals surface area contributed by atoms with E-state index in [1.54, 1.807) is 24.5 Å². The summed E-state index contributed by atoms with van der Waals surface area (Å²) in [4.78, 5) is 0. The fourth-order valence-electron chi connectivity index (χ4n) is 1.78. The van der Waals surface area contributed by atoms with Crippen LogP contribution in [-0.4, -0.2) is 6.54 Å². The van der Waals surface area contributed by atoms with Gasteiger partial charge in [-0.1, -0.05) is 30.1 Å². The van der Waals surface area contributed by atoms with Crippen LogP contribution in [0.5, 0.6) is 5.75 Å². The van der Waals surface area contributed by atoms with Crippen molar-refractivity contribution < 1.29 is 9.15 Å². The summed E-state index contributed by atoms with van der Waals surface area (Å²) in [6.07, 6.45) is 2.77. The van der Waals surface area contributed by atoms with Crippen molar-refractivity contribution in [3.63, 3.8) is 0 Å². The first-order valence-electron chi connectivity index (χ1n) is 6.54. The maximum absolute atomic E-state index is 6.05. The molecule has 0 aliphatic heterocycles. The zero-order valence-electron chi connectivity index (χ0n) is 11.3. The molecular formula is C15H17Cl2NO2. The van der Waals surface area contributed by atoms with Crippen LogP contribution >= 0.6 is 23.2 Å². The standard InChI is InChI=1S/C15H17Cl2NO2/c1-2-6-18-9-11-5-7-19-15(11)10-20-14-8-12(16)3-4-13(14)17/h3-5,7-8,18H,2,6,9-10H2,1H3. The van der Waals surface area contributed by atoms with Crippen LogP contribution in [-0.2, 0) is 13.2 Å². The number of hydrogen-bond acceptors (Lipinski definition) is 3. The maximum atomic E-state index is 6.05. The van der Waals surface area contributed by atoms with E-state index in [9.17, 15) is 0 Å². The number of ether oxygens (including phenoxy) is 1. The Morgan fingerprint density at radius 2 is 2.10 bits per heavy atom. The minimum Gasteiger partial charge on any atom is -0.484 e. The van der Waals surface area contributed by atoms with Gasteiger partial charge in [-0.15, -0.1) is 0 Å². The Hall–Kier alpha value is -1.16. The molecule has 0 bridgehead atoms. The highest BCUT2D eigenvalue weighted by molar-refractivity contribution is 6.34. The number of nitrogens with one attached hydrogen (secondary N) is 1. The zero-order chi connectivity index (χ0) is 14.4. The predicted molar refractivity (Wildman–Crippen MR) is 81.5 cm³/mol. The molecule has 0 amide bonds. The fraction of sp³-hybridized carbons (Fsp3) is 0.333. The molecule has 0 spiro atoms. The lowest BCUT2D eigenvalue weighted by Crippen LogP contribution is -2.14. The highest BCUT2D eigenvalue weighted by atomic mass is 35.5. The van der Waals surface area contributed by atoms with Crippen molar-refractivity contribution in [3.05, 3.63) is 51.9 Å². The van der Waals surface area contributed by atoms with Crippen molar-refractivity contribution >= 4 is 23.2 Å². The van der Waals surface area contributed by atoms with Crippen molar-refractivity contribution in [3.8, 4) is 5.75 Å². The molecule has 0 saturated heterocycles. The molecule has 0 fully saturated rings. The van der Waals surface area contributed by atoms with Gasteiger partial charge in [-0.3, -0.25) is 0 Å². The van der Waals surface area contributed by atoms with Crippen LogP contribution in [0.1, 0.15) is 24.7 Å². The molecule has 2 rings (SSSR count). The summed E-state index contributed by atoms with van der Waals surface area (Å²) < 4.78 is 11.1. The highest BCUT2D eigenvalue weighted by Gasteiger charge is 2.09. The average Bonchev–Trinajstić information content (AvgIpc) is 2.88. The van der Waals surface area contributed by atoms with Gasteiger partial charge in [0.1, 0.15) is 18.1 Å². The fourth-order valence-corrected chi connectivity index (χ4v) is 2.12. The Labute approximate surface area is 128 Å². The average molecular weight is 314 g/mol. The van der Waals surface area contributed by atoms with E-state index >= 15 is 0 Å². The molecule has 1 aromatic carbocycles. The van der Waals surface area contributed by atoms with Gasteiger partial charge in [-0.05, 0) is 31.2 Å². The third-order valence-corrected chi connectivity index (χ3v) is 3.38. The summed E-state index contributed by atoms with van der Waals surface area (Å²) >= 11 is 12.0. The second-order valence-corrected chi connectivity index (χ2v) is 5.25. The lowest BCUT2D eigenvalue weighted by atomic mass is 10.2. The first-order valence-corrected chi connectivity index (χ1v) is 7.30. The maximum Gasteiger partial charge on any atom is 0.146 e. The van der Waals surface area contributed by atoms with E-state index in [1.807, 2.05) is 6.07 Å². The normalized spacial score (nSPS) is 10.8. The van der Waals surface area contributed by atoms with Crippen LogP contribution in [0.15, 0.2) is 34.9 Å². The van der Waals surface area contributed by atoms with Crippen molar-refractivity contribution in [2.24, 2.45) is 0 Å². The van der Waals surface area contributed by atoms with Crippen molar-refractivity contribution in [1.29, 1.82) is 0 Å². The summed E-state index contributed by atoms with van der Waals surface area (Å²) in [5.74, 6) is 1.35. The molecule has 2 aromatic rings. The van der Waals surface area contributed by atoms with E-state index in [-0.39, 0.29) is 0 Å². The number of furan rings is 1. The molecule has 20 heavy (non-hydrogen) atoms. The summed E-state index contributed by atoms with van der Waals surface area (Å²) in [6.45, 7) is 4.21. The third kappa shape index (κ3) is 4.17. The smallest absolute Gasteiger partial charge is 0.146 e. The molecule has 0 unspecified atom stereocenters. The molecule has 0 radical (unpaired) electrons. The second kappa shape index (κ2) is 7.58. The van der Waals surface area contributed by atoms with E-state index in [0.717, 1.165) is 30.8 Å². The molecule has 1 heterocycles. The van der Waals surface area contributed by atoms with Gasteiger partial charge in [0.2, 0.25) is 0 Å². The first-order chi connectivity index (χ1) is 9.70. The Balaban J connectivity index is 1.97. The Morgan fingerprint density at radius 3 is 2.90 bits per heavy atom. The van der Waals surface area contributed by atoms with Gasteiger partial charge in [0.05, 0.1) is 11.3 Å². The van der Waals surface area contributed by atoms with Crippen LogP contribution in [0.2, 0.25) is 10.0 Å². The van der Waals surface area contributed by atoms with Crippen LogP contribution < -0.4 is 10.1 Å². The van der Waals surface area contributed by atoms with Crippen molar-refractivity contribution in [2.45, 2.75) is 26.5 Å². The number of hydrogen-bond donors (Lipinski definition) is 1. The molecule has 0 atom stereocenters. The summed E-state index contributed by atoms with van der Waals surface area (Å²) in [5.41, 5.74) is 1.09. The van der Waals surface area contributed by atoms with Crippen molar-refractivity contribution in [1.82, 2.24) is 5.32 Å². The van der Waals surface area contributed by atoms with Gasteiger partial charge in [0, 0.05) is 23.2 Å². The van der Waals surface area contributed by atoms with Crippen LogP contribution in [0.3, 0.4) is 0 Å². The monoisotopic (exact) mass is 313 g/mol. The van der Waals surface area contributed by atoms with E-state index in [0.29, 0.717) is 22.4 Å². The summed E-state index contributed by atoms with van der Waals surface area (Å²) in [7, 11) is 0. The summed E-state index contributed by atoms with van der Waals surface area (Å²) in [6, 6.07) is 7.08. The van der Waals surface area contributed by atoms with E-state index in [2.05, 4.69) is 12.2 Å². The number of rotatable bonds is 7. The SMILES string of the molecule is CCCNCc1ccoc1COc1cc(Cl)ccc1Cl. The molecule has 3 nitrogen and oxygen atoms in total. The van der Waals surface area contributed by atoms with E-state index < -0.39 is 0 Å². The number of halogens is 2. The van der Waals surface area contributed by atoms with Crippen LogP contribution in [0, 0.1) is 0 Å². The summed E-state index contributed by atoms with van der Waals surface area (Å²) in [5, 5.41) is 4.46. The highest BCUT2D eigenvalue weighted by Crippen LogP contribution is 2.28. The lowest BCUT2D eigenvalue weighted by molar-refractivity contribution is 0.268. The van der Waals surface area contributed by atoms with E-state index in [1.165, 1.54) is 0 Å². The topological polar surface area (TPSA) is 34.4 Å². The minimum atomic E-state index is 0.330. The number of benzene rings is 1. The molecular weight excluding hydrogens is 297 g/mol. The third-order valence-electron chi connectivity index (χ3n) is 2.83. The first kappa shape index (κ1) is 15.2. The second-order valence-electron chi connectivity index (χ2n) is 4.41. The Kier molecular flexibility index (Phi) is 5.77. The quantitative estimate of drug-likeness (QED) is 0.755. The molecule has 0 aliphatic rings. The molecule has 1 aromatic heterocycles. The van der Waals surface area contributed by atoms with Crippen LogP contribution in [0.25, 0.3) is 0 Å². The van der Waals surface area contributed by atoms with Gasteiger partial charge in [0.25, 0.3) is 0 Å². The van der Waals surface area contributed by atoms with Gasteiger partial charge in [-0.2, -0.15) is 0 Å². The molecule has 5 heteroatoms. The molecule has 108 valence electrons. The molecule has 0 aliphatic carbocycles. The Bertz CT molecular complexity index is 555. The molecule has 1 N–H and O–H groups in total. The van der Waals surface area contributed by atoms with Crippen LogP contribution in [0.4, 0.5) is 0 Å². The zero-order valence-corrected chi connectivity index (χ0v) is 12.8. The molecule has 0 saturated carbocycles. The Morgan fingerprint density at radius 1 is 1.25 bits per heavy atom.